The molecule has 1 fully saturated rings. The molecule has 0 unspecified atom stereocenters. The molecule has 0 radical (unpaired) electrons. The molecule has 0 amide bonds. The number of fused-ring (bicyclic) bond motifs is 1. The molecule has 116 valence electrons. The molecule has 2 aliphatic heterocycles. The van der Waals surface area contributed by atoms with E-state index >= 15 is 0 Å². The summed E-state index contributed by atoms with van der Waals surface area (Å²) in [6, 6.07) is 5.89. The van der Waals surface area contributed by atoms with Crippen molar-refractivity contribution in [3.05, 3.63) is 23.8 Å². The van der Waals surface area contributed by atoms with E-state index in [1.54, 1.807) is 0 Å². The highest BCUT2D eigenvalue weighted by atomic mass is 16.5. The third kappa shape index (κ3) is 3.16. The third-order valence-corrected chi connectivity index (χ3v) is 4.51. The second-order valence-corrected chi connectivity index (χ2v) is 6.09. The van der Waals surface area contributed by atoms with Crippen LogP contribution >= 0.6 is 0 Å². The van der Waals surface area contributed by atoms with Crippen LogP contribution in [-0.4, -0.2) is 42.9 Å². The summed E-state index contributed by atoms with van der Waals surface area (Å²) in [5.41, 5.74) is 0.234. The molecule has 2 heterocycles. The van der Waals surface area contributed by atoms with Gasteiger partial charge in [0.1, 0.15) is 0 Å². The zero-order valence-electron chi connectivity index (χ0n) is 12.8. The first kappa shape index (κ1) is 14.7. The van der Waals surface area contributed by atoms with E-state index in [4.69, 9.17) is 9.47 Å². The van der Waals surface area contributed by atoms with E-state index in [0.29, 0.717) is 13.2 Å². The molecule has 0 atom stereocenters. The van der Waals surface area contributed by atoms with Crippen molar-refractivity contribution in [2.45, 2.75) is 38.2 Å². The van der Waals surface area contributed by atoms with Crippen LogP contribution in [0.15, 0.2) is 18.2 Å². The Morgan fingerprint density at radius 3 is 2.57 bits per heavy atom. The molecule has 21 heavy (non-hydrogen) atoms. The molecule has 1 N–H and O–H groups in total. The topological polar surface area (TPSA) is 41.9 Å². The van der Waals surface area contributed by atoms with Gasteiger partial charge < -0.3 is 19.5 Å². The Bertz CT molecular complexity index is 481. The number of nitrogens with zero attached hydrogens (tertiary/aromatic N) is 1. The second kappa shape index (κ2) is 6.24. The van der Waals surface area contributed by atoms with Gasteiger partial charge in [0, 0.05) is 19.5 Å². The van der Waals surface area contributed by atoms with E-state index in [1.165, 1.54) is 6.42 Å². The SMILES string of the molecule is CCCN1CCC(O)(c2ccc3c(c2)OCCCO3)CC1. The van der Waals surface area contributed by atoms with Gasteiger partial charge in [0.05, 0.1) is 18.8 Å². The molecule has 0 aliphatic carbocycles. The Hall–Kier alpha value is -1.26. The maximum absolute atomic E-state index is 11.0. The van der Waals surface area contributed by atoms with Crippen LogP contribution in [0.4, 0.5) is 0 Å². The van der Waals surface area contributed by atoms with Crippen LogP contribution in [0.5, 0.6) is 11.5 Å². The normalized spacial score (nSPS) is 21.8. The highest BCUT2D eigenvalue weighted by Crippen LogP contribution is 2.38. The van der Waals surface area contributed by atoms with Crippen LogP contribution in [0.2, 0.25) is 0 Å². The van der Waals surface area contributed by atoms with Gasteiger partial charge in [0.15, 0.2) is 11.5 Å². The Morgan fingerprint density at radius 2 is 1.86 bits per heavy atom. The predicted molar refractivity (Wildman–Crippen MR) is 81.9 cm³/mol. The Morgan fingerprint density at radius 1 is 1.14 bits per heavy atom. The first-order valence-electron chi connectivity index (χ1n) is 8.06. The summed E-state index contributed by atoms with van der Waals surface area (Å²) in [6.07, 6.45) is 3.64. The van der Waals surface area contributed by atoms with Gasteiger partial charge in [-0.2, -0.15) is 0 Å². The van der Waals surface area contributed by atoms with Crippen molar-refractivity contribution in [2.75, 3.05) is 32.8 Å². The number of benzene rings is 1. The minimum atomic E-state index is -0.727. The quantitative estimate of drug-likeness (QED) is 0.929. The predicted octanol–water partition coefficient (Wildman–Crippen LogP) is 2.54. The first-order chi connectivity index (χ1) is 10.2. The molecule has 3 rings (SSSR count). The summed E-state index contributed by atoms with van der Waals surface area (Å²) < 4.78 is 11.4. The lowest BCUT2D eigenvalue weighted by molar-refractivity contribution is -0.0259. The molecule has 2 aliphatic rings. The smallest absolute Gasteiger partial charge is 0.161 e. The van der Waals surface area contributed by atoms with Crippen molar-refractivity contribution >= 4 is 0 Å². The fourth-order valence-corrected chi connectivity index (χ4v) is 3.20. The van der Waals surface area contributed by atoms with Crippen LogP contribution in [0.25, 0.3) is 0 Å². The van der Waals surface area contributed by atoms with Crippen LogP contribution in [0.1, 0.15) is 38.2 Å². The van der Waals surface area contributed by atoms with E-state index in [0.717, 1.165) is 56.0 Å². The molecular formula is C17H25NO3. The summed E-state index contributed by atoms with van der Waals surface area (Å²) in [6.45, 7) is 6.61. The molecule has 0 aromatic heterocycles. The summed E-state index contributed by atoms with van der Waals surface area (Å²) >= 11 is 0. The van der Waals surface area contributed by atoms with Gasteiger partial charge in [0.25, 0.3) is 0 Å². The molecule has 4 nitrogen and oxygen atoms in total. The van der Waals surface area contributed by atoms with E-state index in [1.807, 2.05) is 18.2 Å². The van der Waals surface area contributed by atoms with Gasteiger partial charge >= 0.3 is 0 Å². The highest BCUT2D eigenvalue weighted by Gasteiger charge is 2.34. The molecule has 0 saturated carbocycles. The Kier molecular flexibility index (Phi) is 4.36. The van der Waals surface area contributed by atoms with Crippen molar-refractivity contribution in [2.24, 2.45) is 0 Å². The van der Waals surface area contributed by atoms with Crippen molar-refractivity contribution in [1.82, 2.24) is 4.90 Å². The van der Waals surface area contributed by atoms with Gasteiger partial charge in [-0.15, -0.1) is 0 Å². The minimum Gasteiger partial charge on any atom is -0.490 e. The van der Waals surface area contributed by atoms with Crippen LogP contribution in [0.3, 0.4) is 0 Å². The van der Waals surface area contributed by atoms with Crippen LogP contribution in [0, 0.1) is 0 Å². The average Bonchev–Trinajstić information content (AvgIpc) is 2.74. The van der Waals surface area contributed by atoms with Gasteiger partial charge in [-0.25, -0.2) is 0 Å². The summed E-state index contributed by atoms with van der Waals surface area (Å²) in [4.78, 5) is 2.43. The number of likely N-dealkylation sites (tertiary alicyclic amines) is 1. The summed E-state index contributed by atoms with van der Waals surface area (Å²) in [7, 11) is 0. The lowest BCUT2D eigenvalue weighted by atomic mass is 9.84. The Labute approximate surface area is 126 Å². The van der Waals surface area contributed by atoms with Gasteiger partial charge in [-0.05, 0) is 43.5 Å². The summed E-state index contributed by atoms with van der Waals surface area (Å²) in [5, 5.41) is 11.0. The van der Waals surface area contributed by atoms with Crippen molar-refractivity contribution in [3.8, 4) is 11.5 Å². The fraction of sp³-hybridized carbons (Fsp3) is 0.647. The van der Waals surface area contributed by atoms with E-state index < -0.39 is 5.60 Å². The first-order valence-corrected chi connectivity index (χ1v) is 8.06. The number of piperidine rings is 1. The molecular weight excluding hydrogens is 266 g/mol. The van der Waals surface area contributed by atoms with Gasteiger partial charge in [0.2, 0.25) is 0 Å². The maximum atomic E-state index is 11.0. The molecule has 0 spiro atoms. The van der Waals surface area contributed by atoms with Crippen LogP contribution < -0.4 is 9.47 Å². The van der Waals surface area contributed by atoms with Crippen molar-refractivity contribution < 1.29 is 14.6 Å². The van der Waals surface area contributed by atoms with Gasteiger partial charge in [-0.1, -0.05) is 13.0 Å². The lowest BCUT2D eigenvalue weighted by Crippen LogP contribution is -2.42. The zero-order chi connectivity index (χ0) is 14.7. The zero-order valence-corrected chi connectivity index (χ0v) is 12.8. The molecule has 1 saturated heterocycles. The highest BCUT2D eigenvalue weighted by molar-refractivity contribution is 5.45. The standard InChI is InChI=1S/C17H25NO3/c1-2-8-18-9-6-17(19,7-10-18)14-4-5-15-16(13-14)21-12-3-11-20-15/h4-5,13,19H,2-3,6-12H2,1H3. The molecule has 0 bridgehead atoms. The third-order valence-electron chi connectivity index (χ3n) is 4.51. The van der Waals surface area contributed by atoms with E-state index in [9.17, 15) is 5.11 Å². The number of rotatable bonds is 3. The van der Waals surface area contributed by atoms with E-state index in [2.05, 4.69) is 11.8 Å². The fourth-order valence-electron chi connectivity index (χ4n) is 3.20. The van der Waals surface area contributed by atoms with Crippen LogP contribution in [-0.2, 0) is 5.60 Å². The monoisotopic (exact) mass is 291 g/mol. The summed E-state index contributed by atoms with van der Waals surface area (Å²) in [5.74, 6) is 1.57. The second-order valence-electron chi connectivity index (χ2n) is 6.09. The number of ether oxygens (including phenoxy) is 2. The number of hydrogen-bond acceptors (Lipinski definition) is 4. The molecule has 1 aromatic carbocycles. The maximum Gasteiger partial charge on any atom is 0.161 e. The average molecular weight is 291 g/mol. The van der Waals surface area contributed by atoms with E-state index in [-0.39, 0.29) is 0 Å². The largest absolute Gasteiger partial charge is 0.490 e. The molecule has 4 heteroatoms. The number of hydrogen-bond donors (Lipinski definition) is 1. The van der Waals surface area contributed by atoms with Crippen molar-refractivity contribution in [3.63, 3.8) is 0 Å². The number of aliphatic hydroxyl groups is 1. The molecule has 1 aromatic rings. The lowest BCUT2D eigenvalue weighted by Gasteiger charge is -2.38. The Balaban J connectivity index is 1.76. The van der Waals surface area contributed by atoms with Gasteiger partial charge in [-0.3, -0.25) is 0 Å². The van der Waals surface area contributed by atoms with Crippen molar-refractivity contribution in [1.29, 1.82) is 0 Å². The minimum absolute atomic E-state index is 0.680.